The highest BCUT2D eigenvalue weighted by molar-refractivity contribution is 8.02. The van der Waals surface area contributed by atoms with Crippen LogP contribution in [-0.4, -0.2) is 25.3 Å². The molecule has 0 aliphatic heterocycles. The zero-order chi connectivity index (χ0) is 6.57. The summed E-state index contributed by atoms with van der Waals surface area (Å²) in [5.41, 5.74) is 0. The summed E-state index contributed by atoms with van der Waals surface area (Å²) >= 11 is 1.77. The van der Waals surface area contributed by atoms with E-state index in [1.54, 1.807) is 11.8 Å². The van der Waals surface area contributed by atoms with Gasteiger partial charge in [0.2, 0.25) is 0 Å². The number of allylic oxidation sites excluding steroid dienone is 1. The lowest BCUT2D eigenvalue weighted by atomic mass is 10.6. The van der Waals surface area contributed by atoms with E-state index in [2.05, 4.69) is 17.2 Å². The van der Waals surface area contributed by atoms with Crippen molar-refractivity contribution in [2.75, 3.05) is 20.4 Å². The maximum Gasteiger partial charge on any atom is 0.0656 e. The molecule has 0 bridgehead atoms. The van der Waals surface area contributed by atoms with Crippen LogP contribution in [0.5, 0.6) is 0 Å². The second kappa shape index (κ2) is 3.84. The van der Waals surface area contributed by atoms with E-state index >= 15 is 0 Å². The van der Waals surface area contributed by atoms with Crippen molar-refractivity contribution in [1.82, 2.24) is 4.90 Å². The Labute approximate surface area is 55.8 Å². The number of rotatable bonds is 2. The van der Waals surface area contributed by atoms with Gasteiger partial charge in [0.25, 0.3) is 0 Å². The van der Waals surface area contributed by atoms with Gasteiger partial charge in [-0.2, -0.15) is 0 Å². The predicted molar refractivity (Wildman–Crippen MR) is 41.0 cm³/mol. The standard InChI is InChI=1S/C6H13NS/c1-5-6(8-4)7(2)3/h5H,1-4H3/b6-5+. The Hall–Kier alpha value is -0.110. The highest BCUT2D eigenvalue weighted by Crippen LogP contribution is 2.11. The molecule has 0 N–H and O–H groups in total. The summed E-state index contributed by atoms with van der Waals surface area (Å²) in [5, 5.41) is 1.31. The second-order valence-electron chi connectivity index (χ2n) is 1.73. The number of hydrogen-bond acceptors (Lipinski definition) is 2. The molecule has 0 aromatic rings. The molecule has 0 saturated heterocycles. The second-order valence-corrected chi connectivity index (χ2v) is 2.55. The summed E-state index contributed by atoms with van der Waals surface area (Å²) in [6, 6.07) is 0. The Bertz CT molecular complexity index is 86.5. The van der Waals surface area contributed by atoms with Gasteiger partial charge in [-0.25, -0.2) is 0 Å². The smallest absolute Gasteiger partial charge is 0.0656 e. The van der Waals surface area contributed by atoms with E-state index in [0.29, 0.717) is 0 Å². The normalized spacial score (nSPS) is 11.8. The minimum Gasteiger partial charge on any atom is -0.373 e. The van der Waals surface area contributed by atoms with Crippen LogP contribution < -0.4 is 0 Å². The summed E-state index contributed by atoms with van der Waals surface area (Å²) < 4.78 is 0. The minimum atomic E-state index is 1.31. The first-order valence-corrected chi connectivity index (χ1v) is 3.82. The van der Waals surface area contributed by atoms with Crippen molar-refractivity contribution in [3.63, 3.8) is 0 Å². The van der Waals surface area contributed by atoms with Crippen molar-refractivity contribution in [1.29, 1.82) is 0 Å². The average Bonchev–Trinajstić information content (AvgIpc) is 1.69. The lowest BCUT2D eigenvalue weighted by molar-refractivity contribution is 0.549. The van der Waals surface area contributed by atoms with Crippen molar-refractivity contribution in [3.05, 3.63) is 11.1 Å². The fraction of sp³-hybridized carbons (Fsp3) is 0.667. The van der Waals surface area contributed by atoms with Crippen LogP contribution in [0.25, 0.3) is 0 Å². The summed E-state index contributed by atoms with van der Waals surface area (Å²) in [6.07, 6.45) is 4.18. The zero-order valence-corrected chi connectivity index (χ0v) is 6.75. The van der Waals surface area contributed by atoms with Crippen molar-refractivity contribution in [3.8, 4) is 0 Å². The summed E-state index contributed by atoms with van der Waals surface area (Å²) in [7, 11) is 4.09. The van der Waals surface area contributed by atoms with E-state index in [4.69, 9.17) is 0 Å². The quantitative estimate of drug-likeness (QED) is 0.562. The van der Waals surface area contributed by atoms with Gasteiger partial charge in [0, 0.05) is 14.1 Å². The zero-order valence-electron chi connectivity index (χ0n) is 5.93. The monoisotopic (exact) mass is 131 g/mol. The van der Waals surface area contributed by atoms with Crippen molar-refractivity contribution in [2.45, 2.75) is 6.92 Å². The molecule has 0 rings (SSSR count). The van der Waals surface area contributed by atoms with Gasteiger partial charge < -0.3 is 4.90 Å². The van der Waals surface area contributed by atoms with E-state index < -0.39 is 0 Å². The molecule has 0 aliphatic carbocycles. The molecule has 0 heterocycles. The Morgan fingerprint density at radius 3 is 2.00 bits per heavy atom. The van der Waals surface area contributed by atoms with Crippen molar-refractivity contribution < 1.29 is 0 Å². The van der Waals surface area contributed by atoms with Crippen molar-refractivity contribution >= 4 is 11.8 Å². The SMILES string of the molecule is C/C=C(/SC)N(C)C. The molecule has 0 atom stereocenters. The highest BCUT2D eigenvalue weighted by Gasteiger charge is 1.91. The van der Waals surface area contributed by atoms with Crippen LogP contribution in [0.1, 0.15) is 6.92 Å². The average molecular weight is 131 g/mol. The van der Waals surface area contributed by atoms with Gasteiger partial charge in [0.1, 0.15) is 0 Å². The van der Waals surface area contributed by atoms with Crippen molar-refractivity contribution in [2.24, 2.45) is 0 Å². The Kier molecular flexibility index (Phi) is 3.79. The highest BCUT2D eigenvalue weighted by atomic mass is 32.2. The topological polar surface area (TPSA) is 3.24 Å². The Balaban J connectivity index is 3.72. The molecule has 0 unspecified atom stereocenters. The third-order valence-corrected chi connectivity index (χ3v) is 1.92. The maximum absolute atomic E-state index is 2.10. The van der Waals surface area contributed by atoms with Gasteiger partial charge in [0.05, 0.1) is 5.03 Å². The first-order valence-electron chi connectivity index (χ1n) is 2.60. The van der Waals surface area contributed by atoms with Gasteiger partial charge in [-0.1, -0.05) is 6.08 Å². The summed E-state index contributed by atoms with van der Waals surface area (Å²) in [4.78, 5) is 2.10. The van der Waals surface area contributed by atoms with E-state index in [-0.39, 0.29) is 0 Å². The molecule has 1 nitrogen and oxygen atoms in total. The number of hydrogen-bond donors (Lipinski definition) is 0. The summed E-state index contributed by atoms with van der Waals surface area (Å²) in [5.74, 6) is 0. The third-order valence-electron chi connectivity index (χ3n) is 0.897. The molecule has 2 heteroatoms. The lowest BCUT2D eigenvalue weighted by Crippen LogP contribution is -2.07. The van der Waals surface area contributed by atoms with Crippen LogP contribution in [-0.2, 0) is 0 Å². The Morgan fingerprint density at radius 2 is 2.00 bits per heavy atom. The molecule has 8 heavy (non-hydrogen) atoms. The van der Waals surface area contributed by atoms with E-state index in [9.17, 15) is 0 Å². The molecule has 0 amide bonds. The predicted octanol–water partition coefficient (Wildman–Crippen LogP) is 1.77. The van der Waals surface area contributed by atoms with Crippen LogP contribution in [0.2, 0.25) is 0 Å². The largest absolute Gasteiger partial charge is 0.373 e. The van der Waals surface area contributed by atoms with Gasteiger partial charge in [-0.05, 0) is 13.2 Å². The first kappa shape index (κ1) is 7.89. The van der Waals surface area contributed by atoms with Gasteiger partial charge in [-0.3, -0.25) is 0 Å². The lowest BCUT2D eigenvalue weighted by Gasteiger charge is -2.12. The maximum atomic E-state index is 2.10. The van der Waals surface area contributed by atoms with Gasteiger partial charge in [-0.15, -0.1) is 11.8 Å². The van der Waals surface area contributed by atoms with Crippen LogP contribution in [0.15, 0.2) is 11.1 Å². The molecule has 0 spiro atoms. The van der Waals surface area contributed by atoms with Gasteiger partial charge >= 0.3 is 0 Å². The van der Waals surface area contributed by atoms with E-state index in [0.717, 1.165) is 0 Å². The molecular formula is C6H13NS. The minimum absolute atomic E-state index is 1.31. The fourth-order valence-electron chi connectivity index (χ4n) is 0.559. The van der Waals surface area contributed by atoms with Crippen LogP contribution in [0.3, 0.4) is 0 Å². The molecular weight excluding hydrogens is 118 g/mol. The molecule has 0 aromatic heterocycles. The van der Waals surface area contributed by atoms with Crippen LogP contribution in [0, 0.1) is 0 Å². The van der Waals surface area contributed by atoms with Crippen LogP contribution in [0.4, 0.5) is 0 Å². The fourth-order valence-corrected chi connectivity index (χ4v) is 1.16. The van der Waals surface area contributed by atoms with E-state index in [1.165, 1.54) is 5.03 Å². The molecule has 0 aromatic carbocycles. The van der Waals surface area contributed by atoms with Crippen LogP contribution >= 0.6 is 11.8 Å². The molecule has 0 radical (unpaired) electrons. The number of thioether (sulfide) groups is 1. The number of nitrogens with zero attached hydrogens (tertiary/aromatic N) is 1. The van der Waals surface area contributed by atoms with E-state index in [1.807, 2.05) is 21.0 Å². The Morgan fingerprint density at radius 1 is 1.50 bits per heavy atom. The first-order chi connectivity index (χ1) is 3.72. The molecule has 0 fully saturated rings. The molecule has 48 valence electrons. The summed E-state index contributed by atoms with van der Waals surface area (Å²) in [6.45, 7) is 2.05. The molecule has 0 aliphatic rings. The van der Waals surface area contributed by atoms with Gasteiger partial charge in [0.15, 0.2) is 0 Å². The molecule has 0 saturated carbocycles. The third kappa shape index (κ3) is 2.26.